The van der Waals surface area contributed by atoms with Crippen molar-refractivity contribution in [1.82, 2.24) is 14.7 Å². The van der Waals surface area contributed by atoms with Crippen LogP contribution in [0.15, 0.2) is 24.3 Å². The average molecular weight is 404 g/mol. The summed E-state index contributed by atoms with van der Waals surface area (Å²) in [7, 11) is 1.75. The number of aromatic nitrogens is 2. The van der Waals surface area contributed by atoms with Crippen LogP contribution in [0.5, 0.6) is 0 Å². The summed E-state index contributed by atoms with van der Waals surface area (Å²) in [6.45, 7) is 1.97. The molecular weight excluding hydrogens is 378 g/mol. The zero-order valence-corrected chi connectivity index (χ0v) is 17.1. The predicted octanol–water partition coefficient (Wildman–Crippen LogP) is 4.58. The number of hydrogen-bond acceptors (Lipinski definition) is 3. The molecule has 1 aromatic carbocycles. The van der Waals surface area contributed by atoms with Gasteiger partial charge in [-0.1, -0.05) is 44.2 Å². The first kappa shape index (κ1) is 20.4. The fourth-order valence-corrected chi connectivity index (χ4v) is 4.02. The van der Waals surface area contributed by atoms with E-state index >= 15 is 0 Å². The number of carboxylic acids is 1. The van der Waals surface area contributed by atoms with Crippen molar-refractivity contribution in [3.63, 3.8) is 0 Å². The first-order valence-electron chi connectivity index (χ1n) is 9.82. The highest BCUT2D eigenvalue weighted by Gasteiger charge is 2.32. The van der Waals surface area contributed by atoms with Crippen molar-refractivity contribution in [1.29, 1.82) is 0 Å². The number of amides is 1. The molecule has 0 spiro atoms. The van der Waals surface area contributed by atoms with E-state index in [0.717, 1.165) is 32.1 Å². The molecule has 1 aromatic heterocycles. The Bertz CT molecular complexity index is 855. The number of hydrogen-bond donors (Lipinski definition) is 1. The molecule has 1 saturated carbocycles. The quantitative estimate of drug-likeness (QED) is 0.765. The highest BCUT2D eigenvalue weighted by molar-refractivity contribution is 6.30. The molecule has 0 aliphatic heterocycles. The number of aromatic carboxylic acids is 1. The fourth-order valence-electron chi connectivity index (χ4n) is 3.89. The normalized spacial score (nSPS) is 14.8. The van der Waals surface area contributed by atoms with Gasteiger partial charge in [0, 0.05) is 18.1 Å². The molecule has 1 N–H and O–H groups in total. The smallest absolute Gasteiger partial charge is 0.340 e. The number of carbonyl (C=O) groups excluding carboxylic acids is 1. The van der Waals surface area contributed by atoms with Crippen molar-refractivity contribution in [3.05, 3.63) is 46.2 Å². The van der Waals surface area contributed by atoms with Gasteiger partial charge in [-0.3, -0.25) is 4.79 Å². The Kier molecular flexibility index (Phi) is 6.39. The van der Waals surface area contributed by atoms with Gasteiger partial charge in [0.2, 0.25) is 0 Å². The lowest BCUT2D eigenvalue weighted by Gasteiger charge is -2.30. The first-order valence-corrected chi connectivity index (χ1v) is 10.2. The third-order valence-electron chi connectivity index (χ3n) is 5.40. The van der Waals surface area contributed by atoms with Crippen LogP contribution in [0.3, 0.4) is 0 Å². The van der Waals surface area contributed by atoms with Crippen molar-refractivity contribution in [2.75, 3.05) is 7.05 Å². The van der Waals surface area contributed by atoms with Crippen LogP contribution < -0.4 is 0 Å². The summed E-state index contributed by atoms with van der Waals surface area (Å²) < 4.78 is 1.57. The number of benzene rings is 1. The Morgan fingerprint density at radius 3 is 2.43 bits per heavy atom. The van der Waals surface area contributed by atoms with Crippen molar-refractivity contribution in [2.24, 2.45) is 0 Å². The number of carbonyl (C=O) groups is 2. The highest BCUT2D eigenvalue weighted by atomic mass is 35.5. The van der Waals surface area contributed by atoms with Gasteiger partial charge < -0.3 is 10.0 Å². The Balaban J connectivity index is 2.06. The molecule has 0 radical (unpaired) electrons. The van der Waals surface area contributed by atoms with Gasteiger partial charge in [-0.2, -0.15) is 5.10 Å². The van der Waals surface area contributed by atoms with Crippen LogP contribution in [0.2, 0.25) is 5.02 Å². The minimum absolute atomic E-state index is 0.00413. The molecule has 1 aliphatic carbocycles. The molecule has 0 saturated heterocycles. The third-order valence-corrected chi connectivity index (χ3v) is 5.65. The molecule has 1 amide bonds. The second-order valence-corrected chi connectivity index (χ2v) is 7.76. The van der Waals surface area contributed by atoms with Crippen LogP contribution in [0.1, 0.15) is 72.0 Å². The van der Waals surface area contributed by atoms with Crippen molar-refractivity contribution in [3.8, 4) is 5.69 Å². The number of carboxylic acid groups (broad SMARTS) is 1. The van der Waals surface area contributed by atoms with Crippen LogP contribution in [-0.4, -0.2) is 44.8 Å². The topological polar surface area (TPSA) is 75.4 Å². The SMILES string of the molecule is CCCc1c(C(=O)O)c(C(=O)N(C)C2CCCCC2)nn1-c1ccc(Cl)cc1. The van der Waals surface area contributed by atoms with Gasteiger partial charge in [0.1, 0.15) is 5.56 Å². The molecular formula is C21H26ClN3O3. The standard InChI is InChI=1S/C21H26ClN3O3/c1-3-7-17-18(21(27)28)19(20(26)24(2)15-8-5-4-6-9-15)23-25(17)16-12-10-14(22)11-13-16/h10-13,15H,3-9H2,1-2H3,(H,27,28). The maximum Gasteiger partial charge on any atom is 0.340 e. The zero-order chi connectivity index (χ0) is 20.3. The van der Waals surface area contributed by atoms with Crippen LogP contribution >= 0.6 is 11.6 Å². The van der Waals surface area contributed by atoms with E-state index in [2.05, 4.69) is 5.10 Å². The monoisotopic (exact) mass is 403 g/mol. The zero-order valence-electron chi connectivity index (χ0n) is 16.3. The largest absolute Gasteiger partial charge is 0.478 e. The first-order chi connectivity index (χ1) is 13.4. The van der Waals surface area contributed by atoms with E-state index in [1.807, 2.05) is 6.92 Å². The van der Waals surface area contributed by atoms with Gasteiger partial charge in [-0.25, -0.2) is 9.48 Å². The van der Waals surface area contributed by atoms with E-state index in [0.29, 0.717) is 22.8 Å². The Morgan fingerprint density at radius 1 is 1.21 bits per heavy atom. The Labute approximate surface area is 170 Å². The Hall–Kier alpha value is -2.34. The maximum atomic E-state index is 13.2. The van der Waals surface area contributed by atoms with Crippen LogP contribution in [-0.2, 0) is 6.42 Å². The van der Waals surface area contributed by atoms with Gasteiger partial charge in [0.05, 0.1) is 11.4 Å². The fraction of sp³-hybridized carbons (Fsp3) is 0.476. The lowest BCUT2D eigenvalue weighted by atomic mass is 9.94. The molecule has 150 valence electrons. The summed E-state index contributed by atoms with van der Waals surface area (Å²) in [5.74, 6) is -1.45. The average Bonchev–Trinajstić information content (AvgIpc) is 3.08. The molecule has 1 fully saturated rings. The summed E-state index contributed by atoms with van der Waals surface area (Å²) in [6.07, 6.45) is 6.52. The predicted molar refractivity (Wildman–Crippen MR) is 108 cm³/mol. The van der Waals surface area contributed by atoms with E-state index < -0.39 is 5.97 Å². The molecule has 0 bridgehead atoms. The number of rotatable bonds is 6. The molecule has 28 heavy (non-hydrogen) atoms. The minimum Gasteiger partial charge on any atom is -0.478 e. The van der Waals surface area contributed by atoms with E-state index in [4.69, 9.17) is 11.6 Å². The van der Waals surface area contributed by atoms with E-state index in [1.165, 1.54) is 6.42 Å². The molecule has 0 unspecified atom stereocenters. The summed E-state index contributed by atoms with van der Waals surface area (Å²) in [4.78, 5) is 26.9. The van der Waals surface area contributed by atoms with E-state index in [-0.39, 0.29) is 23.2 Å². The lowest BCUT2D eigenvalue weighted by molar-refractivity contribution is 0.0650. The van der Waals surface area contributed by atoms with Gasteiger partial charge in [0.25, 0.3) is 5.91 Å². The molecule has 1 aliphatic rings. The van der Waals surface area contributed by atoms with Crippen molar-refractivity contribution in [2.45, 2.75) is 57.9 Å². The molecule has 6 nitrogen and oxygen atoms in total. The minimum atomic E-state index is -1.12. The number of nitrogens with zero attached hydrogens (tertiary/aromatic N) is 3. The van der Waals surface area contributed by atoms with Gasteiger partial charge in [0.15, 0.2) is 5.69 Å². The van der Waals surface area contributed by atoms with Crippen LogP contribution in [0, 0.1) is 0 Å². The molecule has 3 rings (SSSR count). The second kappa shape index (κ2) is 8.78. The van der Waals surface area contributed by atoms with E-state index in [1.54, 1.807) is 40.9 Å². The van der Waals surface area contributed by atoms with Crippen molar-refractivity contribution < 1.29 is 14.7 Å². The summed E-state index contributed by atoms with van der Waals surface area (Å²) in [5, 5.41) is 14.9. The lowest BCUT2D eigenvalue weighted by Crippen LogP contribution is -2.39. The second-order valence-electron chi connectivity index (χ2n) is 7.32. The maximum absolute atomic E-state index is 13.2. The summed E-state index contributed by atoms with van der Waals surface area (Å²) in [6, 6.07) is 7.14. The molecule has 2 aromatic rings. The van der Waals surface area contributed by atoms with Crippen LogP contribution in [0.25, 0.3) is 5.69 Å². The summed E-state index contributed by atoms with van der Waals surface area (Å²) in [5.41, 5.74) is 1.25. The third kappa shape index (κ3) is 4.07. The highest BCUT2D eigenvalue weighted by Crippen LogP contribution is 2.26. The van der Waals surface area contributed by atoms with Gasteiger partial charge in [-0.05, 0) is 43.5 Å². The molecule has 1 heterocycles. The molecule has 0 atom stereocenters. The van der Waals surface area contributed by atoms with E-state index in [9.17, 15) is 14.7 Å². The van der Waals surface area contributed by atoms with Crippen LogP contribution in [0.4, 0.5) is 0 Å². The summed E-state index contributed by atoms with van der Waals surface area (Å²) >= 11 is 5.98. The van der Waals surface area contributed by atoms with Gasteiger partial charge >= 0.3 is 5.97 Å². The molecule has 7 heteroatoms. The Morgan fingerprint density at radius 2 is 1.86 bits per heavy atom. The van der Waals surface area contributed by atoms with Crippen molar-refractivity contribution >= 4 is 23.5 Å². The van der Waals surface area contributed by atoms with Gasteiger partial charge in [-0.15, -0.1) is 0 Å². The number of halogens is 1.